The summed E-state index contributed by atoms with van der Waals surface area (Å²) in [5.41, 5.74) is 5.74. The van der Waals surface area contributed by atoms with Gasteiger partial charge in [-0.2, -0.15) is 0 Å². The van der Waals surface area contributed by atoms with Gasteiger partial charge in [-0.05, 0) is 0 Å². The second-order valence-corrected chi connectivity index (χ2v) is 3.85. The smallest absolute Gasteiger partial charge is 0.122 e. The van der Waals surface area contributed by atoms with Gasteiger partial charge < -0.3 is 15.0 Å². The molecule has 1 unspecified atom stereocenters. The van der Waals surface area contributed by atoms with Crippen molar-refractivity contribution in [3.63, 3.8) is 0 Å². The summed E-state index contributed by atoms with van der Waals surface area (Å²) < 4.78 is 7.36. The second-order valence-electron chi connectivity index (χ2n) is 3.85. The van der Waals surface area contributed by atoms with Gasteiger partial charge in [0.05, 0.1) is 13.2 Å². The molecular formula is C10H18N4O. The molecule has 2 N–H and O–H groups in total. The van der Waals surface area contributed by atoms with E-state index in [9.17, 15) is 0 Å². The van der Waals surface area contributed by atoms with Crippen LogP contribution in [0.2, 0.25) is 0 Å². The van der Waals surface area contributed by atoms with Gasteiger partial charge in [0.1, 0.15) is 5.82 Å². The van der Waals surface area contributed by atoms with Crippen molar-refractivity contribution < 1.29 is 4.74 Å². The van der Waals surface area contributed by atoms with Crippen LogP contribution in [0, 0.1) is 0 Å². The molecule has 0 bridgehead atoms. The Balaban J connectivity index is 2.01. The molecule has 0 aromatic carbocycles. The van der Waals surface area contributed by atoms with Gasteiger partial charge in [0.15, 0.2) is 0 Å². The van der Waals surface area contributed by atoms with Gasteiger partial charge >= 0.3 is 0 Å². The van der Waals surface area contributed by atoms with Gasteiger partial charge in [-0.1, -0.05) is 0 Å². The van der Waals surface area contributed by atoms with Crippen LogP contribution in [0.25, 0.3) is 0 Å². The molecule has 1 aromatic rings. The van der Waals surface area contributed by atoms with E-state index < -0.39 is 0 Å². The van der Waals surface area contributed by atoms with Crippen LogP contribution < -0.4 is 5.73 Å². The third kappa shape index (κ3) is 2.19. The molecule has 1 aliphatic heterocycles. The van der Waals surface area contributed by atoms with Gasteiger partial charge in [0.25, 0.3) is 0 Å². The van der Waals surface area contributed by atoms with Gasteiger partial charge in [-0.15, -0.1) is 0 Å². The normalized spacial score (nSPS) is 18.8. The third-order valence-electron chi connectivity index (χ3n) is 2.92. The molecule has 5 heteroatoms. The van der Waals surface area contributed by atoms with Crippen LogP contribution in [0.5, 0.6) is 0 Å². The number of nitrogens with two attached hydrogens (primary N) is 1. The molecular weight excluding hydrogens is 192 g/mol. The van der Waals surface area contributed by atoms with Crippen molar-refractivity contribution in [3.05, 3.63) is 18.2 Å². The summed E-state index contributed by atoms with van der Waals surface area (Å²) in [5, 5.41) is 0. The average molecular weight is 210 g/mol. The Morgan fingerprint density at radius 1 is 1.60 bits per heavy atom. The zero-order valence-electron chi connectivity index (χ0n) is 9.09. The summed E-state index contributed by atoms with van der Waals surface area (Å²) in [7, 11) is 1.72. The van der Waals surface area contributed by atoms with Gasteiger partial charge in [0.2, 0.25) is 0 Å². The van der Waals surface area contributed by atoms with Crippen molar-refractivity contribution in [2.24, 2.45) is 5.73 Å². The van der Waals surface area contributed by atoms with Crippen molar-refractivity contribution in [1.82, 2.24) is 14.5 Å². The first kappa shape index (κ1) is 10.6. The Bertz CT molecular complexity index is 312. The summed E-state index contributed by atoms with van der Waals surface area (Å²) in [6.45, 7) is 4.22. The molecule has 1 aliphatic rings. The third-order valence-corrected chi connectivity index (χ3v) is 2.92. The molecule has 2 heterocycles. The first-order chi connectivity index (χ1) is 7.35. The first-order valence-electron chi connectivity index (χ1n) is 5.28. The van der Waals surface area contributed by atoms with E-state index in [2.05, 4.69) is 14.5 Å². The number of hydrogen-bond acceptors (Lipinski definition) is 4. The molecule has 1 aromatic heterocycles. The van der Waals surface area contributed by atoms with Crippen LogP contribution in [0.3, 0.4) is 0 Å². The van der Waals surface area contributed by atoms with Crippen LogP contribution in [0.4, 0.5) is 0 Å². The van der Waals surface area contributed by atoms with Crippen LogP contribution in [0.15, 0.2) is 12.4 Å². The van der Waals surface area contributed by atoms with Crippen LogP contribution >= 0.6 is 0 Å². The monoisotopic (exact) mass is 210 g/mol. The summed E-state index contributed by atoms with van der Waals surface area (Å²) in [6.07, 6.45) is 3.88. The Hall–Kier alpha value is -0.910. The number of nitrogens with zero attached hydrogens (tertiary/aromatic N) is 3. The van der Waals surface area contributed by atoms with Gasteiger partial charge in [-0.25, -0.2) is 4.98 Å². The van der Waals surface area contributed by atoms with E-state index in [0.717, 1.165) is 25.5 Å². The Kier molecular flexibility index (Phi) is 3.35. The predicted octanol–water partition coefficient (Wildman–Crippen LogP) is -0.328. The van der Waals surface area contributed by atoms with E-state index in [1.54, 1.807) is 7.11 Å². The number of ether oxygens (including phenoxy) is 1. The summed E-state index contributed by atoms with van der Waals surface area (Å²) in [6, 6.07) is 0.306. The maximum atomic E-state index is 5.74. The summed E-state index contributed by atoms with van der Waals surface area (Å²) >= 11 is 0. The summed E-state index contributed by atoms with van der Waals surface area (Å²) in [5.74, 6) is 1.12. The highest BCUT2D eigenvalue weighted by Gasteiger charge is 2.22. The minimum Gasteiger partial charge on any atom is -0.383 e. The zero-order valence-corrected chi connectivity index (χ0v) is 9.09. The number of imidazole rings is 1. The highest BCUT2D eigenvalue weighted by molar-refractivity contribution is 4.96. The number of fused-ring (bicyclic) bond motifs is 1. The van der Waals surface area contributed by atoms with E-state index in [-0.39, 0.29) is 0 Å². The lowest BCUT2D eigenvalue weighted by molar-refractivity contribution is 0.0752. The first-order valence-corrected chi connectivity index (χ1v) is 5.28. The molecule has 1 atom stereocenters. The van der Waals surface area contributed by atoms with Crippen molar-refractivity contribution in [2.45, 2.75) is 19.1 Å². The van der Waals surface area contributed by atoms with E-state index in [0.29, 0.717) is 19.2 Å². The molecule has 0 fully saturated rings. The molecule has 0 saturated carbocycles. The molecule has 15 heavy (non-hydrogen) atoms. The molecule has 2 rings (SSSR count). The maximum Gasteiger partial charge on any atom is 0.122 e. The van der Waals surface area contributed by atoms with E-state index in [4.69, 9.17) is 10.5 Å². The number of rotatable bonds is 4. The lowest BCUT2D eigenvalue weighted by Gasteiger charge is -2.33. The molecule has 0 aliphatic carbocycles. The Morgan fingerprint density at radius 3 is 3.20 bits per heavy atom. The quantitative estimate of drug-likeness (QED) is 0.739. The van der Waals surface area contributed by atoms with E-state index >= 15 is 0 Å². The predicted molar refractivity (Wildman–Crippen MR) is 57.4 cm³/mol. The van der Waals surface area contributed by atoms with E-state index in [1.807, 2.05) is 12.4 Å². The lowest BCUT2D eigenvalue weighted by atomic mass is 10.2. The molecule has 84 valence electrons. The number of aromatic nitrogens is 2. The standard InChI is InChI=1S/C10H18N4O/c1-15-8-9(6-11)14-5-4-13-3-2-12-10(13)7-14/h2-3,9H,4-8,11H2,1H3. The number of hydrogen-bond donors (Lipinski definition) is 1. The highest BCUT2D eigenvalue weighted by atomic mass is 16.5. The molecule has 5 nitrogen and oxygen atoms in total. The summed E-state index contributed by atoms with van der Waals surface area (Å²) in [4.78, 5) is 6.66. The largest absolute Gasteiger partial charge is 0.383 e. The molecule has 0 saturated heterocycles. The van der Waals surface area contributed by atoms with Crippen molar-refractivity contribution in [2.75, 3.05) is 26.8 Å². The highest BCUT2D eigenvalue weighted by Crippen LogP contribution is 2.12. The van der Waals surface area contributed by atoms with E-state index in [1.165, 1.54) is 0 Å². The van der Waals surface area contributed by atoms with Crippen molar-refractivity contribution in [1.29, 1.82) is 0 Å². The molecule has 0 radical (unpaired) electrons. The fourth-order valence-electron chi connectivity index (χ4n) is 2.02. The minimum absolute atomic E-state index is 0.306. The topological polar surface area (TPSA) is 56.3 Å². The maximum absolute atomic E-state index is 5.74. The van der Waals surface area contributed by atoms with Gasteiger partial charge in [-0.3, -0.25) is 4.90 Å². The fraction of sp³-hybridized carbons (Fsp3) is 0.700. The van der Waals surface area contributed by atoms with Gasteiger partial charge in [0, 0.05) is 45.2 Å². The zero-order chi connectivity index (χ0) is 10.7. The minimum atomic E-state index is 0.306. The van der Waals surface area contributed by atoms with Crippen molar-refractivity contribution in [3.8, 4) is 0 Å². The second kappa shape index (κ2) is 4.74. The fourth-order valence-corrected chi connectivity index (χ4v) is 2.02. The van der Waals surface area contributed by atoms with Crippen molar-refractivity contribution >= 4 is 0 Å². The molecule has 0 spiro atoms. The van der Waals surface area contributed by atoms with Crippen LogP contribution in [0.1, 0.15) is 5.82 Å². The number of methoxy groups -OCH3 is 1. The Morgan fingerprint density at radius 2 is 2.47 bits per heavy atom. The lowest BCUT2D eigenvalue weighted by Crippen LogP contribution is -2.47. The average Bonchev–Trinajstić information content (AvgIpc) is 2.72. The molecule has 0 amide bonds. The van der Waals surface area contributed by atoms with Crippen LogP contribution in [-0.4, -0.2) is 47.3 Å². The SMILES string of the molecule is COCC(CN)N1CCn2ccnc2C1. The Labute approximate surface area is 89.8 Å². The van der Waals surface area contributed by atoms with Crippen LogP contribution in [-0.2, 0) is 17.8 Å².